The summed E-state index contributed by atoms with van der Waals surface area (Å²) in [5.74, 6) is -3.49. The Hall–Kier alpha value is -2.51. The average molecular weight is 326 g/mol. The molecule has 0 aliphatic heterocycles. The van der Waals surface area contributed by atoms with Crippen LogP contribution in [0.2, 0.25) is 0 Å². The molecule has 0 unspecified atom stereocenters. The van der Waals surface area contributed by atoms with Crippen LogP contribution in [0.25, 0.3) is 0 Å². The highest BCUT2D eigenvalue weighted by Crippen LogP contribution is 2.42. The largest absolute Gasteiger partial charge is 0.507 e. The number of nitro groups is 1. The number of carbonyl (C=O) groups excluding carboxylic acids is 1. The quantitative estimate of drug-likeness (QED) is 0.313. The zero-order chi connectivity index (χ0) is 17.4. The van der Waals surface area contributed by atoms with E-state index in [9.17, 15) is 30.2 Å². The molecule has 23 heavy (non-hydrogen) atoms. The first-order valence-electron chi connectivity index (χ1n) is 7.60. The monoisotopic (exact) mass is 326 g/mol. The number of hydrogen-bond acceptors (Lipinski definition) is 6. The predicted molar refractivity (Wildman–Crippen MR) is 83.8 cm³/mol. The molecule has 0 saturated heterocycles. The first-order chi connectivity index (χ1) is 10.9. The third-order valence-corrected chi connectivity index (χ3v) is 3.46. The van der Waals surface area contributed by atoms with E-state index in [0.717, 1.165) is 32.1 Å². The molecule has 0 aromatic heterocycles. The molecule has 0 aliphatic rings. The van der Waals surface area contributed by atoms with Gasteiger partial charge >= 0.3 is 5.69 Å². The summed E-state index contributed by atoms with van der Waals surface area (Å²) in [6, 6.07) is 0.664. The van der Waals surface area contributed by atoms with Gasteiger partial charge in [0.2, 0.25) is 11.5 Å². The number of phenolic OH excluding ortho intramolecular Hbond substituents is 3. The zero-order valence-electron chi connectivity index (χ0n) is 13.0. The van der Waals surface area contributed by atoms with Crippen molar-refractivity contribution < 1.29 is 25.0 Å². The summed E-state index contributed by atoms with van der Waals surface area (Å²) in [6.07, 6.45) is 6.19. The maximum absolute atomic E-state index is 12.0. The van der Waals surface area contributed by atoms with E-state index in [1.807, 2.05) is 0 Å². The second kappa shape index (κ2) is 8.82. The van der Waals surface area contributed by atoms with Gasteiger partial charge in [-0.2, -0.15) is 0 Å². The summed E-state index contributed by atoms with van der Waals surface area (Å²) in [5.41, 5.74) is -1.62. The molecule has 128 valence electrons. The molecule has 0 radical (unpaired) electrons. The van der Waals surface area contributed by atoms with Crippen molar-refractivity contribution in [2.45, 2.75) is 45.4 Å². The fourth-order valence-corrected chi connectivity index (χ4v) is 2.23. The molecule has 0 saturated carbocycles. The van der Waals surface area contributed by atoms with Crippen LogP contribution in [0.15, 0.2) is 6.07 Å². The highest BCUT2D eigenvalue weighted by Gasteiger charge is 2.29. The summed E-state index contributed by atoms with van der Waals surface area (Å²) in [5, 5.41) is 42.1. The molecule has 8 heteroatoms. The molecule has 8 nitrogen and oxygen atoms in total. The molecular weight excluding hydrogens is 304 g/mol. The van der Waals surface area contributed by atoms with Crippen molar-refractivity contribution in [1.82, 2.24) is 5.32 Å². The van der Waals surface area contributed by atoms with Gasteiger partial charge in [-0.1, -0.05) is 39.0 Å². The first-order valence-corrected chi connectivity index (χ1v) is 7.60. The van der Waals surface area contributed by atoms with Crippen LogP contribution < -0.4 is 5.32 Å². The highest BCUT2D eigenvalue weighted by molar-refractivity contribution is 6.01. The Morgan fingerprint density at radius 2 is 1.74 bits per heavy atom. The van der Waals surface area contributed by atoms with E-state index in [1.54, 1.807) is 0 Å². The summed E-state index contributed by atoms with van der Waals surface area (Å²) in [6.45, 7) is 2.45. The summed E-state index contributed by atoms with van der Waals surface area (Å²) in [7, 11) is 0. The van der Waals surface area contributed by atoms with Crippen molar-refractivity contribution in [2.24, 2.45) is 0 Å². The Morgan fingerprint density at radius 1 is 1.13 bits per heavy atom. The Bertz CT molecular complexity index is 574. The van der Waals surface area contributed by atoms with Crippen LogP contribution in [-0.2, 0) is 0 Å². The van der Waals surface area contributed by atoms with Crippen molar-refractivity contribution in [3.05, 3.63) is 21.7 Å². The molecule has 1 rings (SSSR count). The molecule has 4 N–H and O–H groups in total. The van der Waals surface area contributed by atoms with E-state index in [2.05, 4.69) is 12.2 Å². The van der Waals surface area contributed by atoms with Gasteiger partial charge in [0, 0.05) is 12.6 Å². The van der Waals surface area contributed by atoms with E-state index >= 15 is 0 Å². The maximum Gasteiger partial charge on any atom is 0.353 e. The molecule has 0 heterocycles. The Balaban J connectivity index is 2.66. The fourth-order valence-electron chi connectivity index (χ4n) is 2.23. The lowest BCUT2D eigenvalue weighted by atomic mass is 10.1. The van der Waals surface area contributed by atoms with Crippen LogP contribution in [0, 0.1) is 10.1 Å². The van der Waals surface area contributed by atoms with Gasteiger partial charge in [0.15, 0.2) is 0 Å². The average Bonchev–Trinajstić information content (AvgIpc) is 2.45. The number of phenols is 3. The lowest BCUT2D eigenvalue weighted by Crippen LogP contribution is -2.24. The van der Waals surface area contributed by atoms with Crippen molar-refractivity contribution in [3.63, 3.8) is 0 Å². The SMILES string of the molecule is CCCCCCCCNC(=O)c1c(O)cc(O)c([N+](=O)[O-])c1O. The molecule has 0 aliphatic carbocycles. The third kappa shape index (κ3) is 5.01. The van der Waals surface area contributed by atoms with Crippen molar-refractivity contribution in [1.29, 1.82) is 0 Å². The second-order valence-corrected chi connectivity index (χ2v) is 5.27. The standard InChI is InChI=1S/C15H22N2O6/c1-2-3-4-5-6-7-8-16-15(21)12-10(18)9-11(19)13(14(12)20)17(22)23/h9,18-20H,2-8H2,1H3,(H,16,21). The van der Waals surface area contributed by atoms with Gasteiger partial charge in [0.05, 0.1) is 4.92 Å². The van der Waals surface area contributed by atoms with Gasteiger partial charge in [-0.3, -0.25) is 14.9 Å². The van der Waals surface area contributed by atoms with Crippen LogP contribution in [0.5, 0.6) is 17.2 Å². The van der Waals surface area contributed by atoms with Crippen molar-refractivity contribution in [2.75, 3.05) is 6.54 Å². The van der Waals surface area contributed by atoms with Crippen molar-refractivity contribution >= 4 is 11.6 Å². The smallest absolute Gasteiger partial charge is 0.353 e. The van der Waals surface area contributed by atoms with Crippen molar-refractivity contribution in [3.8, 4) is 17.2 Å². The predicted octanol–water partition coefficient (Wildman–Crippen LogP) is 2.80. The lowest BCUT2D eigenvalue weighted by Gasteiger charge is -2.09. The lowest BCUT2D eigenvalue weighted by molar-refractivity contribution is -0.386. The Morgan fingerprint density at radius 3 is 2.35 bits per heavy atom. The van der Waals surface area contributed by atoms with Gasteiger partial charge in [0.25, 0.3) is 5.91 Å². The number of carbonyl (C=O) groups is 1. The number of benzene rings is 1. The highest BCUT2D eigenvalue weighted by atomic mass is 16.6. The molecule has 1 aromatic carbocycles. The normalized spacial score (nSPS) is 10.5. The summed E-state index contributed by atoms with van der Waals surface area (Å²) < 4.78 is 0. The van der Waals surface area contributed by atoms with Crippen LogP contribution >= 0.6 is 0 Å². The van der Waals surface area contributed by atoms with Crippen LogP contribution in [0.3, 0.4) is 0 Å². The minimum absolute atomic E-state index is 0.332. The van der Waals surface area contributed by atoms with E-state index < -0.39 is 39.3 Å². The number of rotatable bonds is 9. The van der Waals surface area contributed by atoms with Crippen LogP contribution in [0.4, 0.5) is 5.69 Å². The number of hydrogen-bond donors (Lipinski definition) is 4. The number of nitrogens with zero attached hydrogens (tertiary/aromatic N) is 1. The first kappa shape index (κ1) is 18.5. The van der Waals surface area contributed by atoms with E-state index in [4.69, 9.17) is 0 Å². The minimum Gasteiger partial charge on any atom is -0.507 e. The number of amides is 1. The number of unbranched alkanes of at least 4 members (excludes halogenated alkanes) is 5. The summed E-state index contributed by atoms with van der Waals surface area (Å²) >= 11 is 0. The van der Waals surface area contributed by atoms with Gasteiger partial charge < -0.3 is 20.6 Å². The number of nitrogens with one attached hydrogen (secondary N) is 1. The molecule has 1 aromatic rings. The summed E-state index contributed by atoms with van der Waals surface area (Å²) in [4.78, 5) is 21.7. The van der Waals surface area contributed by atoms with Gasteiger partial charge in [-0.15, -0.1) is 0 Å². The van der Waals surface area contributed by atoms with E-state index in [1.165, 1.54) is 6.42 Å². The second-order valence-electron chi connectivity index (χ2n) is 5.27. The number of nitro benzene ring substituents is 1. The van der Waals surface area contributed by atoms with Gasteiger partial charge in [0.1, 0.15) is 11.3 Å². The van der Waals surface area contributed by atoms with Crippen LogP contribution in [0.1, 0.15) is 55.8 Å². The Kier molecular flexibility index (Phi) is 7.11. The number of aromatic hydroxyl groups is 3. The molecule has 0 fully saturated rings. The zero-order valence-corrected chi connectivity index (χ0v) is 13.0. The van der Waals surface area contributed by atoms with E-state index in [0.29, 0.717) is 12.6 Å². The molecule has 0 atom stereocenters. The molecule has 1 amide bonds. The van der Waals surface area contributed by atoms with Crippen LogP contribution in [-0.4, -0.2) is 32.7 Å². The van der Waals surface area contributed by atoms with E-state index in [-0.39, 0.29) is 0 Å². The maximum atomic E-state index is 12.0. The molecule has 0 bridgehead atoms. The third-order valence-electron chi connectivity index (χ3n) is 3.46. The topological polar surface area (TPSA) is 133 Å². The fraction of sp³-hybridized carbons (Fsp3) is 0.533. The molecule has 0 spiro atoms. The minimum atomic E-state index is -1.05. The molecular formula is C15H22N2O6. The van der Waals surface area contributed by atoms with Gasteiger partial charge in [-0.25, -0.2) is 0 Å². The van der Waals surface area contributed by atoms with Gasteiger partial charge in [-0.05, 0) is 6.42 Å². The Labute approximate surface area is 133 Å².